The maximum Gasteiger partial charge on any atom is 0.410 e. The third-order valence-corrected chi connectivity index (χ3v) is 8.27. The van der Waals surface area contributed by atoms with E-state index >= 15 is 0 Å². The van der Waals surface area contributed by atoms with Crippen LogP contribution in [0.15, 0.2) is 0 Å². The SMILES string of the molecule is CCOC(=O)N1C[C@H](C)N(C(C)=O)C2CCC(C3CCC(OC)C(NS(C)(=O)=O)C3)CC21. The van der Waals surface area contributed by atoms with Gasteiger partial charge in [0, 0.05) is 32.7 Å². The summed E-state index contributed by atoms with van der Waals surface area (Å²) < 4.78 is 37.4. The molecule has 2 aliphatic carbocycles. The fourth-order valence-electron chi connectivity index (χ4n) is 6.33. The number of carbonyl (C=O) groups excluding carboxylic acids is 2. The predicted molar refractivity (Wildman–Crippen MR) is 121 cm³/mol. The van der Waals surface area contributed by atoms with Gasteiger partial charge in [0.1, 0.15) is 0 Å². The number of hydrogen-bond acceptors (Lipinski definition) is 6. The number of nitrogens with zero attached hydrogens (tertiary/aromatic N) is 2. The summed E-state index contributed by atoms with van der Waals surface area (Å²) in [5.74, 6) is 0.750. The quantitative estimate of drug-likeness (QED) is 0.655. The number of hydrogen-bond donors (Lipinski definition) is 1. The van der Waals surface area contributed by atoms with Crippen LogP contribution < -0.4 is 4.72 Å². The minimum Gasteiger partial charge on any atom is -0.450 e. The molecule has 0 spiro atoms. The van der Waals surface area contributed by atoms with Crippen molar-refractivity contribution in [3.63, 3.8) is 0 Å². The van der Waals surface area contributed by atoms with Crippen molar-refractivity contribution in [2.45, 2.75) is 89.6 Å². The standard InChI is InChI=1S/C22H39N3O6S/c1-6-31-22(27)24-13-14(2)25(15(3)26)19-9-7-17(12-20(19)24)16-8-10-21(30-4)18(11-16)23-32(5,28)29/h14,16-21,23H,6-13H2,1-5H3/t14-,16?,17?,18?,19?,20?,21?/m0/s1. The zero-order valence-corrected chi connectivity index (χ0v) is 20.8. The van der Waals surface area contributed by atoms with Crippen LogP contribution in [0, 0.1) is 11.8 Å². The number of ether oxygens (including phenoxy) is 2. The Morgan fingerprint density at radius 2 is 1.72 bits per heavy atom. The maximum absolute atomic E-state index is 12.8. The van der Waals surface area contributed by atoms with Gasteiger partial charge in [-0.2, -0.15) is 0 Å². The molecule has 2 saturated carbocycles. The van der Waals surface area contributed by atoms with Crippen LogP contribution in [-0.4, -0.2) is 87.0 Å². The number of amides is 2. The summed E-state index contributed by atoms with van der Waals surface area (Å²) in [5.41, 5.74) is 0. The lowest BCUT2D eigenvalue weighted by atomic mass is 9.68. The van der Waals surface area contributed by atoms with Gasteiger partial charge < -0.3 is 19.3 Å². The van der Waals surface area contributed by atoms with Gasteiger partial charge in [0.25, 0.3) is 0 Å². The van der Waals surface area contributed by atoms with Gasteiger partial charge in [-0.25, -0.2) is 17.9 Å². The van der Waals surface area contributed by atoms with Crippen LogP contribution in [0.1, 0.15) is 59.3 Å². The first-order valence-corrected chi connectivity index (χ1v) is 13.7. The number of nitrogens with one attached hydrogen (secondary N) is 1. The molecule has 7 atom stereocenters. The summed E-state index contributed by atoms with van der Waals surface area (Å²) >= 11 is 0. The minimum absolute atomic E-state index is 0.00263. The van der Waals surface area contributed by atoms with Crippen LogP contribution in [-0.2, 0) is 24.3 Å². The van der Waals surface area contributed by atoms with Crippen molar-refractivity contribution in [3.8, 4) is 0 Å². The Morgan fingerprint density at radius 1 is 1.06 bits per heavy atom. The molecule has 3 fully saturated rings. The molecule has 3 aliphatic rings. The second kappa shape index (κ2) is 10.3. The lowest BCUT2D eigenvalue weighted by molar-refractivity contribution is -0.142. The number of sulfonamides is 1. The van der Waals surface area contributed by atoms with Crippen molar-refractivity contribution in [3.05, 3.63) is 0 Å². The summed E-state index contributed by atoms with van der Waals surface area (Å²) in [6.07, 6.45) is 5.84. The van der Waals surface area contributed by atoms with Gasteiger partial charge >= 0.3 is 6.09 Å². The highest BCUT2D eigenvalue weighted by molar-refractivity contribution is 7.88. The van der Waals surface area contributed by atoms with Crippen molar-refractivity contribution < 1.29 is 27.5 Å². The van der Waals surface area contributed by atoms with Gasteiger partial charge in [-0.05, 0) is 64.2 Å². The summed E-state index contributed by atoms with van der Waals surface area (Å²) in [5, 5.41) is 0. The Labute approximate surface area is 192 Å². The van der Waals surface area contributed by atoms with Crippen LogP contribution in [0.25, 0.3) is 0 Å². The molecule has 2 amide bonds. The fourth-order valence-corrected chi connectivity index (χ4v) is 7.13. The van der Waals surface area contributed by atoms with E-state index < -0.39 is 10.0 Å². The summed E-state index contributed by atoms with van der Waals surface area (Å²) in [6.45, 7) is 6.19. The Hall–Kier alpha value is -1.39. The number of piperazine rings is 1. The van der Waals surface area contributed by atoms with E-state index in [4.69, 9.17) is 9.47 Å². The third kappa shape index (κ3) is 5.56. The highest BCUT2D eigenvalue weighted by Gasteiger charge is 2.48. The zero-order chi connectivity index (χ0) is 23.6. The molecule has 1 aliphatic heterocycles. The molecule has 184 valence electrons. The zero-order valence-electron chi connectivity index (χ0n) is 20.0. The van der Waals surface area contributed by atoms with Crippen LogP contribution in [0.4, 0.5) is 4.79 Å². The Kier molecular flexibility index (Phi) is 8.09. The second-order valence-electron chi connectivity index (χ2n) is 9.68. The van der Waals surface area contributed by atoms with Gasteiger partial charge in [0.2, 0.25) is 15.9 Å². The third-order valence-electron chi connectivity index (χ3n) is 7.54. The van der Waals surface area contributed by atoms with Crippen molar-refractivity contribution in [2.24, 2.45) is 11.8 Å². The number of fused-ring (bicyclic) bond motifs is 1. The van der Waals surface area contributed by atoms with Gasteiger partial charge in [0.05, 0.1) is 31.1 Å². The number of rotatable bonds is 5. The molecule has 0 radical (unpaired) electrons. The molecular weight excluding hydrogens is 434 g/mol. The largest absolute Gasteiger partial charge is 0.450 e. The first kappa shape index (κ1) is 25.2. The summed E-state index contributed by atoms with van der Waals surface area (Å²) in [7, 11) is -1.70. The summed E-state index contributed by atoms with van der Waals surface area (Å²) in [4.78, 5) is 28.9. The second-order valence-corrected chi connectivity index (χ2v) is 11.5. The van der Waals surface area contributed by atoms with E-state index in [9.17, 15) is 18.0 Å². The molecule has 0 bridgehead atoms. The van der Waals surface area contributed by atoms with Crippen LogP contribution in [0.5, 0.6) is 0 Å². The molecule has 3 rings (SSSR count). The minimum atomic E-state index is -3.33. The van der Waals surface area contributed by atoms with Crippen molar-refractivity contribution in [2.75, 3.05) is 26.5 Å². The molecule has 1 saturated heterocycles. The van der Waals surface area contributed by atoms with Crippen LogP contribution in [0.3, 0.4) is 0 Å². The fraction of sp³-hybridized carbons (Fsp3) is 0.909. The molecule has 10 heteroatoms. The van der Waals surface area contributed by atoms with Gasteiger partial charge in [0.15, 0.2) is 0 Å². The van der Waals surface area contributed by atoms with E-state index in [1.165, 1.54) is 6.26 Å². The lowest BCUT2D eigenvalue weighted by Crippen LogP contribution is -2.67. The number of methoxy groups -OCH3 is 1. The normalized spacial score (nSPS) is 35.8. The molecule has 1 N–H and O–H groups in total. The van der Waals surface area contributed by atoms with Crippen molar-refractivity contribution in [1.82, 2.24) is 14.5 Å². The predicted octanol–water partition coefficient (Wildman–Crippen LogP) is 1.97. The lowest BCUT2D eigenvalue weighted by Gasteiger charge is -2.54. The smallest absolute Gasteiger partial charge is 0.410 e. The highest BCUT2D eigenvalue weighted by Crippen LogP contribution is 2.43. The van der Waals surface area contributed by atoms with E-state index in [2.05, 4.69) is 4.72 Å². The average Bonchev–Trinajstić information content (AvgIpc) is 2.71. The molecule has 0 aromatic carbocycles. The molecule has 0 aromatic rings. The first-order chi connectivity index (χ1) is 15.1. The van der Waals surface area contributed by atoms with E-state index in [-0.39, 0.29) is 42.3 Å². The molecule has 32 heavy (non-hydrogen) atoms. The molecular formula is C22H39N3O6S. The Bertz CT molecular complexity index is 791. The van der Waals surface area contributed by atoms with Gasteiger partial charge in [-0.1, -0.05) is 0 Å². The number of carbonyl (C=O) groups is 2. The molecule has 0 aromatic heterocycles. The average molecular weight is 474 g/mol. The summed E-state index contributed by atoms with van der Waals surface area (Å²) in [6, 6.07) is -0.366. The van der Waals surface area contributed by atoms with Crippen LogP contribution >= 0.6 is 0 Å². The monoisotopic (exact) mass is 473 g/mol. The first-order valence-electron chi connectivity index (χ1n) is 11.8. The van der Waals surface area contributed by atoms with E-state index in [1.54, 1.807) is 21.0 Å². The Balaban J connectivity index is 1.78. The van der Waals surface area contributed by atoms with E-state index in [1.807, 2.05) is 16.7 Å². The van der Waals surface area contributed by atoms with E-state index in [0.29, 0.717) is 25.0 Å². The van der Waals surface area contributed by atoms with Crippen LogP contribution in [0.2, 0.25) is 0 Å². The highest BCUT2D eigenvalue weighted by atomic mass is 32.2. The van der Waals surface area contributed by atoms with Crippen molar-refractivity contribution >= 4 is 22.0 Å². The maximum atomic E-state index is 12.8. The molecule has 9 nitrogen and oxygen atoms in total. The topological polar surface area (TPSA) is 105 Å². The Morgan fingerprint density at radius 3 is 2.31 bits per heavy atom. The molecule has 6 unspecified atom stereocenters. The molecule has 1 heterocycles. The van der Waals surface area contributed by atoms with E-state index in [0.717, 1.165) is 38.5 Å². The van der Waals surface area contributed by atoms with Gasteiger partial charge in [-0.3, -0.25) is 4.79 Å². The van der Waals surface area contributed by atoms with Gasteiger partial charge in [-0.15, -0.1) is 0 Å². The van der Waals surface area contributed by atoms with Crippen molar-refractivity contribution in [1.29, 1.82) is 0 Å².